The average molecular weight is 573 g/mol. The second-order valence-corrected chi connectivity index (χ2v) is 11.1. The molecule has 10 heteroatoms. The number of aliphatic imine (C=N–C) groups is 1. The van der Waals surface area contributed by atoms with Gasteiger partial charge in [0.2, 0.25) is 0 Å². The number of aryl methyl sites for hydroxylation is 2. The van der Waals surface area contributed by atoms with Crippen molar-refractivity contribution in [3.8, 4) is 5.69 Å². The van der Waals surface area contributed by atoms with Crippen molar-refractivity contribution in [2.24, 2.45) is 4.99 Å². The zero-order valence-electron chi connectivity index (χ0n) is 23.5. The molecule has 1 fully saturated rings. The van der Waals surface area contributed by atoms with Gasteiger partial charge >= 0.3 is 5.97 Å². The fourth-order valence-electron chi connectivity index (χ4n) is 5.22. The topological polar surface area (TPSA) is 110 Å². The molecule has 0 aliphatic carbocycles. The van der Waals surface area contributed by atoms with Gasteiger partial charge in [0.25, 0.3) is 5.69 Å². The molecule has 212 valence electrons. The van der Waals surface area contributed by atoms with Crippen molar-refractivity contribution >= 4 is 45.9 Å². The van der Waals surface area contributed by atoms with Gasteiger partial charge in [-0.1, -0.05) is 29.5 Å². The summed E-state index contributed by atoms with van der Waals surface area (Å²) in [5.41, 5.74) is 5.72. The summed E-state index contributed by atoms with van der Waals surface area (Å²) < 4.78 is 7.18. The number of carbonyl (C=O) groups excluding carboxylic acids is 1. The molecule has 5 rings (SSSR count). The van der Waals surface area contributed by atoms with Crippen LogP contribution in [0, 0.1) is 30.9 Å². The maximum atomic E-state index is 12.8. The van der Waals surface area contributed by atoms with Crippen LogP contribution in [0.5, 0.6) is 0 Å². The summed E-state index contributed by atoms with van der Waals surface area (Å²) in [4.78, 5) is 31.6. The number of ether oxygens (including phenoxy) is 1. The number of aliphatic hydroxyl groups excluding tert-OH is 1. The van der Waals surface area contributed by atoms with Gasteiger partial charge in [-0.2, -0.15) is 0 Å². The minimum absolute atomic E-state index is 0.0330. The third-order valence-corrected chi connectivity index (χ3v) is 8.27. The van der Waals surface area contributed by atoms with Crippen LogP contribution >= 0.6 is 11.8 Å². The molecule has 1 aromatic heterocycles. The van der Waals surface area contributed by atoms with Crippen molar-refractivity contribution in [3.63, 3.8) is 0 Å². The molecule has 1 saturated heterocycles. The highest BCUT2D eigenvalue weighted by molar-refractivity contribution is 8.18. The van der Waals surface area contributed by atoms with E-state index in [4.69, 9.17) is 4.74 Å². The number of benzene rings is 2. The highest BCUT2D eigenvalue weighted by Gasteiger charge is 2.33. The van der Waals surface area contributed by atoms with Crippen LogP contribution < -0.4 is 4.90 Å². The van der Waals surface area contributed by atoms with Crippen LogP contribution in [0.2, 0.25) is 0 Å². The van der Waals surface area contributed by atoms with E-state index in [2.05, 4.69) is 9.89 Å². The Labute approximate surface area is 243 Å². The van der Waals surface area contributed by atoms with Crippen molar-refractivity contribution in [3.05, 3.63) is 97.4 Å². The van der Waals surface area contributed by atoms with Gasteiger partial charge in [0.05, 0.1) is 27.8 Å². The van der Waals surface area contributed by atoms with E-state index in [9.17, 15) is 20.0 Å². The third kappa shape index (κ3) is 5.65. The summed E-state index contributed by atoms with van der Waals surface area (Å²) in [7, 11) is 0. The van der Waals surface area contributed by atoms with Gasteiger partial charge in [-0.25, -0.2) is 9.79 Å². The van der Waals surface area contributed by atoms with Gasteiger partial charge < -0.3 is 19.3 Å². The quantitative estimate of drug-likeness (QED) is 0.183. The number of thioether (sulfide) groups is 1. The Kier molecular flexibility index (Phi) is 8.03. The number of esters is 1. The number of rotatable bonds is 7. The van der Waals surface area contributed by atoms with E-state index in [0.717, 1.165) is 48.4 Å². The molecule has 3 heterocycles. The normalized spacial score (nSPS) is 17.2. The predicted octanol–water partition coefficient (Wildman–Crippen LogP) is 7.10. The zero-order valence-corrected chi connectivity index (χ0v) is 24.3. The molecule has 2 aromatic carbocycles. The summed E-state index contributed by atoms with van der Waals surface area (Å²) in [5.74, 6) is -0.822. The molecular formula is C31H32N4O5S. The standard InChI is InChI=1S/C31H32N4O5S/c1-5-40-31(37)28-29(36)27(41-30(28)32-23-10-8-19(2)9-11-23)17-22-16-20(3)34(21(22)4)24-12-13-25(26(18-24)35(38)39)33-14-6-7-15-33/h8-13,16-18,36H,5-7,14-15H2,1-4H3/b27-17-,32-30?. The Morgan fingerprint density at radius 1 is 1.12 bits per heavy atom. The van der Waals surface area contributed by atoms with Crippen LogP contribution in [0.3, 0.4) is 0 Å². The highest BCUT2D eigenvalue weighted by atomic mass is 32.2. The molecule has 0 radical (unpaired) electrons. The Balaban J connectivity index is 1.54. The van der Waals surface area contributed by atoms with E-state index in [1.165, 1.54) is 11.8 Å². The van der Waals surface area contributed by atoms with E-state index >= 15 is 0 Å². The molecule has 0 spiro atoms. The molecule has 1 N–H and O–H groups in total. The smallest absolute Gasteiger partial charge is 0.344 e. The number of nitro groups is 1. The van der Waals surface area contributed by atoms with Crippen molar-refractivity contribution in [2.45, 2.75) is 40.5 Å². The van der Waals surface area contributed by atoms with Crippen LogP contribution in [0.25, 0.3) is 11.8 Å². The monoisotopic (exact) mass is 572 g/mol. The largest absolute Gasteiger partial charge is 0.506 e. The van der Waals surface area contributed by atoms with Gasteiger partial charge in [0.1, 0.15) is 22.1 Å². The van der Waals surface area contributed by atoms with E-state index in [-0.39, 0.29) is 28.5 Å². The number of nitro benzene ring substituents is 1. The van der Waals surface area contributed by atoms with E-state index < -0.39 is 5.97 Å². The highest BCUT2D eigenvalue weighted by Crippen LogP contribution is 2.41. The Bertz CT molecular complexity index is 1610. The number of hydrogen-bond acceptors (Lipinski definition) is 8. The summed E-state index contributed by atoms with van der Waals surface area (Å²) >= 11 is 1.20. The van der Waals surface area contributed by atoms with Crippen LogP contribution in [-0.4, -0.2) is 45.3 Å². The number of hydrogen-bond donors (Lipinski definition) is 1. The lowest BCUT2D eigenvalue weighted by Gasteiger charge is -2.19. The fraction of sp³-hybridized carbons (Fsp3) is 0.290. The molecule has 41 heavy (non-hydrogen) atoms. The molecule has 0 atom stereocenters. The number of aromatic nitrogens is 1. The van der Waals surface area contributed by atoms with Crippen molar-refractivity contribution in [1.29, 1.82) is 0 Å². The van der Waals surface area contributed by atoms with Crippen LogP contribution in [-0.2, 0) is 9.53 Å². The first-order valence-corrected chi connectivity index (χ1v) is 14.4. The van der Waals surface area contributed by atoms with Crippen molar-refractivity contribution < 1.29 is 19.6 Å². The molecule has 2 aliphatic heterocycles. The molecule has 0 bridgehead atoms. The fourth-order valence-corrected chi connectivity index (χ4v) is 6.25. The Morgan fingerprint density at radius 2 is 1.83 bits per heavy atom. The summed E-state index contributed by atoms with van der Waals surface area (Å²) in [5, 5.41) is 23.5. The first-order chi connectivity index (χ1) is 19.7. The van der Waals surface area contributed by atoms with Crippen LogP contribution in [0.15, 0.2) is 69.8 Å². The molecule has 3 aromatic rings. The molecule has 0 unspecified atom stereocenters. The second kappa shape index (κ2) is 11.7. The summed E-state index contributed by atoms with van der Waals surface area (Å²) in [6.07, 6.45) is 3.87. The van der Waals surface area contributed by atoms with E-state index in [1.807, 2.05) is 73.9 Å². The first-order valence-electron chi connectivity index (χ1n) is 13.6. The first kappa shape index (κ1) is 28.2. The summed E-state index contributed by atoms with van der Waals surface area (Å²) in [6, 6.07) is 14.9. The van der Waals surface area contributed by atoms with Crippen molar-refractivity contribution in [1.82, 2.24) is 4.57 Å². The lowest BCUT2D eigenvalue weighted by atomic mass is 10.1. The van der Waals surface area contributed by atoms with E-state index in [0.29, 0.717) is 27.0 Å². The lowest BCUT2D eigenvalue weighted by Crippen LogP contribution is -2.19. The summed E-state index contributed by atoms with van der Waals surface area (Å²) in [6.45, 7) is 9.35. The van der Waals surface area contributed by atoms with Gasteiger partial charge in [0, 0.05) is 30.5 Å². The maximum absolute atomic E-state index is 12.8. The SMILES string of the molecule is CCOC(=O)C1=C(O)/C(=C/c2cc(C)n(-c3ccc(N4CCCC4)c([N+](=O)[O-])c3)c2C)SC1=Nc1ccc(C)cc1. The van der Waals surface area contributed by atoms with Gasteiger partial charge in [-0.3, -0.25) is 10.1 Å². The number of aliphatic hydroxyl groups is 1. The third-order valence-electron chi connectivity index (χ3n) is 7.25. The van der Waals surface area contributed by atoms with E-state index in [1.54, 1.807) is 13.0 Å². The number of nitrogens with zero attached hydrogens (tertiary/aromatic N) is 4. The predicted molar refractivity (Wildman–Crippen MR) is 163 cm³/mol. The molecule has 9 nitrogen and oxygen atoms in total. The zero-order chi connectivity index (χ0) is 29.3. The maximum Gasteiger partial charge on any atom is 0.344 e. The van der Waals surface area contributed by atoms with Crippen LogP contribution in [0.1, 0.15) is 42.3 Å². The Morgan fingerprint density at radius 3 is 2.49 bits per heavy atom. The minimum atomic E-state index is -0.636. The Hall–Kier alpha value is -4.31. The molecule has 0 saturated carbocycles. The number of carbonyl (C=O) groups is 1. The molecular weight excluding hydrogens is 540 g/mol. The van der Waals surface area contributed by atoms with Crippen molar-refractivity contribution in [2.75, 3.05) is 24.6 Å². The van der Waals surface area contributed by atoms with Gasteiger partial charge in [-0.05, 0) is 82.5 Å². The van der Waals surface area contributed by atoms with Gasteiger partial charge in [-0.15, -0.1) is 0 Å². The average Bonchev–Trinajstić information content (AvgIpc) is 3.64. The van der Waals surface area contributed by atoms with Gasteiger partial charge in [0.15, 0.2) is 0 Å². The number of anilines is 1. The second-order valence-electron chi connectivity index (χ2n) is 10.1. The van der Waals surface area contributed by atoms with Crippen LogP contribution in [0.4, 0.5) is 17.1 Å². The lowest BCUT2D eigenvalue weighted by molar-refractivity contribution is -0.384. The molecule has 0 amide bonds. The minimum Gasteiger partial charge on any atom is -0.506 e. The molecule has 2 aliphatic rings.